The maximum absolute atomic E-state index is 6.88. The van der Waals surface area contributed by atoms with E-state index in [2.05, 4.69) is 126 Å². The van der Waals surface area contributed by atoms with Crippen LogP contribution < -0.4 is 0 Å². The van der Waals surface area contributed by atoms with Gasteiger partial charge in [0.05, 0.1) is 16.7 Å². The van der Waals surface area contributed by atoms with Gasteiger partial charge < -0.3 is 8.98 Å². The Morgan fingerprint density at radius 3 is 1.43 bits per heavy atom. The van der Waals surface area contributed by atoms with E-state index in [1.807, 2.05) is 72.8 Å². The lowest BCUT2D eigenvalue weighted by atomic mass is 9.94. The first-order valence-electron chi connectivity index (χ1n) is 18.8. The third-order valence-corrected chi connectivity index (χ3v) is 10.7. The van der Waals surface area contributed by atoms with E-state index in [0.29, 0.717) is 17.5 Å². The van der Waals surface area contributed by atoms with E-state index < -0.39 is 0 Å². The SMILES string of the molecule is c1ccc(-c2ccc(-c3cc(-n4c5ccccc5c5ccccc54)cc4oc5cccc(-c6nc(-c7ccccc7)nc(-c7ccccc7)n6)c5c34)cc2)cc1. The number of nitrogens with zero attached hydrogens (tertiary/aromatic N) is 4. The summed E-state index contributed by atoms with van der Waals surface area (Å²) in [6.07, 6.45) is 0. The molecule has 0 aliphatic carbocycles. The Labute approximate surface area is 322 Å². The van der Waals surface area contributed by atoms with E-state index in [-0.39, 0.29) is 0 Å². The van der Waals surface area contributed by atoms with Gasteiger partial charge in [0, 0.05) is 44.3 Å². The molecule has 3 heterocycles. The van der Waals surface area contributed by atoms with Crippen molar-refractivity contribution in [1.29, 1.82) is 0 Å². The highest BCUT2D eigenvalue weighted by Gasteiger charge is 2.22. The lowest BCUT2D eigenvalue weighted by Gasteiger charge is -2.13. The highest BCUT2D eigenvalue weighted by Crippen LogP contribution is 2.44. The van der Waals surface area contributed by atoms with E-state index in [9.17, 15) is 0 Å². The Hall–Kier alpha value is -7.63. The van der Waals surface area contributed by atoms with E-state index in [4.69, 9.17) is 19.4 Å². The number of furan rings is 1. The summed E-state index contributed by atoms with van der Waals surface area (Å²) >= 11 is 0. The molecule has 262 valence electrons. The van der Waals surface area contributed by atoms with Crippen molar-refractivity contribution < 1.29 is 4.42 Å². The number of hydrogen-bond donors (Lipinski definition) is 0. The average Bonchev–Trinajstić information content (AvgIpc) is 3.83. The molecule has 11 rings (SSSR count). The lowest BCUT2D eigenvalue weighted by molar-refractivity contribution is 0.669. The van der Waals surface area contributed by atoms with Crippen LogP contribution in [0.25, 0.3) is 106 Å². The minimum Gasteiger partial charge on any atom is -0.456 e. The zero-order valence-electron chi connectivity index (χ0n) is 30.2. The van der Waals surface area contributed by atoms with Crippen LogP contribution in [-0.4, -0.2) is 19.5 Å². The molecule has 5 nitrogen and oxygen atoms in total. The maximum atomic E-state index is 6.88. The summed E-state index contributed by atoms with van der Waals surface area (Å²) in [4.78, 5) is 15.3. The fourth-order valence-corrected chi connectivity index (χ4v) is 8.08. The Bertz CT molecular complexity index is 3110. The summed E-state index contributed by atoms with van der Waals surface area (Å²) in [5, 5.41) is 4.39. The molecule has 3 aromatic heterocycles. The van der Waals surface area contributed by atoms with Crippen LogP contribution in [-0.2, 0) is 0 Å². The molecule has 0 radical (unpaired) electrons. The summed E-state index contributed by atoms with van der Waals surface area (Å²) in [6.45, 7) is 0. The van der Waals surface area contributed by atoms with Gasteiger partial charge in [-0.3, -0.25) is 0 Å². The van der Waals surface area contributed by atoms with Crippen LogP contribution in [0, 0.1) is 0 Å². The molecule has 0 fully saturated rings. The molecule has 11 aromatic rings. The van der Waals surface area contributed by atoms with Gasteiger partial charge in [0.15, 0.2) is 17.5 Å². The standard InChI is InChI=1S/C51H32N4O/c1-4-15-33(16-5-1)34-27-29-35(30-28-34)42-31-38(55-43-24-12-10-21-39(43)40-22-11-13-25-44(40)55)32-46-48(42)47-41(23-14-26-45(47)56-46)51-53-49(36-17-6-2-7-18-36)52-50(54-51)37-19-8-3-9-20-37/h1-32H. The molecule has 0 saturated carbocycles. The zero-order valence-corrected chi connectivity index (χ0v) is 30.2. The average molecular weight is 717 g/mol. The molecule has 0 spiro atoms. The van der Waals surface area contributed by atoms with E-state index in [0.717, 1.165) is 72.0 Å². The van der Waals surface area contributed by atoms with Gasteiger partial charge in [-0.05, 0) is 46.5 Å². The van der Waals surface area contributed by atoms with Gasteiger partial charge in [0.1, 0.15) is 11.2 Å². The van der Waals surface area contributed by atoms with Crippen molar-refractivity contribution in [3.63, 3.8) is 0 Å². The number of fused-ring (bicyclic) bond motifs is 6. The van der Waals surface area contributed by atoms with Crippen molar-refractivity contribution in [3.05, 3.63) is 194 Å². The van der Waals surface area contributed by atoms with Crippen molar-refractivity contribution in [1.82, 2.24) is 19.5 Å². The lowest BCUT2D eigenvalue weighted by Crippen LogP contribution is -2.00. The van der Waals surface area contributed by atoms with Gasteiger partial charge in [-0.15, -0.1) is 0 Å². The highest BCUT2D eigenvalue weighted by atomic mass is 16.3. The first-order chi connectivity index (χ1) is 27.8. The second-order valence-corrected chi connectivity index (χ2v) is 14.0. The van der Waals surface area contributed by atoms with Crippen molar-refractivity contribution in [2.45, 2.75) is 0 Å². The molecular formula is C51H32N4O. The van der Waals surface area contributed by atoms with Gasteiger partial charge in [-0.25, -0.2) is 15.0 Å². The Kier molecular flexibility index (Phi) is 7.42. The predicted molar refractivity (Wildman–Crippen MR) is 229 cm³/mol. The second kappa shape index (κ2) is 13.0. The van der Waals surface area contributed by atoms with Crippen LogP contribution >= 0.6 is 0 Å². The minimum absolute atomic E-state index is 0.586. The summed E-state index contributed by atoms with van der Waals surface area (Å²) < 4.78 is 9.23. The summed E-state index contributed by atoms with van der Waals surface area (Å²) in [5.74, 6) is 1.82. The molecule has 0 saturated heterocycles. The van der Waals surface area contributed by atoms with E-state index in [1.54, 1.807) is 0 Å². The number of aromatic nitrogens is 4. The molecule has 56 heavy (non-hydrogen) atoms. The van der Waals surface area contributed by atoms with Crippen LogP contribution in [0.5, 0.6) is 0 Å². The largest absolute Gasteiger partial charge is 0.456 e. The third-order valence-electron chi connectivity index (χ3n) is 10.7. The van der Waals surface area contributed by atoms with Crippen molar-refractivity contribution in [3.8, 4) is 62.1 Å². The Morgan fingerprint density at radius 2 is 0.821 bits per heavy atom. The molecule has 0 atom stereocenters. The molecule has 0 N–H and O–H groups in total. The molecule has 0 aliphatic heterocycles. The van der Waals surface area contributed by atoms with Gasteiger partial charge in [-0.2, -0.15) is 0 Å². The maximum Gasteiger partial charge on any atom is 0.164 e. The second-order valence-electron chi connectivity index (χ2n) is 14.0. The molecule has 0 amide bonds. The monoisotopic (exact) mass is 716 g/mol. The van der Waals surface area contributed by atoms with Crippen LogP contribution in [0.4, 0.5) is 0 Å². The fourth-order valence-electron chi connectivity index (χ4n) is 8.08. The fraction of sp³-hybridized carbons (Fsp3) is 0. The van der Waals surface area contributed by atoms with Gasteiger partial charge in [0.25, 0.3) is 0 Å². The van der Waals surface area contributed by atoms with Crippen LogP contribution in [0.2, 0.25) is 0 Å². The molecule has 0 aliphatic rings. The van der Waals surface area contributed by atoms with Crippen LogP contribution in [0.1, 0.15) is 0 Å². The summed E-state index contributed by atoms with van der Waals surface area (Å²) in [7, 11) is 0. The van der Waals surface area contributed by atoms with Gasteiger partial charge in [-0.1, -0.05) is 164 Å². The number of para-hydroxylation sites is 2. The molecule has 8 aromatic carbocycles. The van der Waals surface area contributed by atoms with E-state index >= 15 is 0 Å². The van der Waals surface area contributed by atoms with Gasteiger partial charge >= 0.3 is 0 Å². The normalized spacial score (nSPS) is 11.6. The predicted octanol–water partition coefficient (Wildman–Crippen LogP) is 13.2. The molecule has 0 unspecified atom stereocenters. The van der Waals surface area contributed by atoms with Crippen molar-refractivity contribution >= 4 is 43.7 Å². The first kappa shape index (κ1) is 31.9. The van der Waals surface area contributed by atoms with Crippen molar-refractivity contribution in [2.75, 3.05) is 0 Å². The minimum atomic E-state index is 0.586. The Morgan fingerprint density at radius 1 is 0.339 bits per heavy atom. The molecule has 5 heteroatoms. The first-order valence-corrected chi connectivity index (χ1v) is 18.8. The smallest absolute Gasteiger partial charge is 0.164 e. The number of rotatable bonds is 6. The van der Waals surface area contributed by atoms with Gasteiger partial charge in [0.2, 0.25) is 0 Å². The van der Waals surface area contributed by atoms with Crippen LogP contribution in [0.15, 0.2) is 199 Å². The summed E-state index contributed by atoms with van der Waals surface area (Å²) in [6, 6.07) is 67.4. The molecule has 0 bridgehead atoms. The topological polar surface area (TPSA) is 56.7 Å². The van der Waals surface area contributed by atoms with Crippen molar-refractivity contribution in [2.24, 2.45) is 0 Å². The third kappa shape index (κ3) is 5.29. The zero-order chi connectivity index (χ0) is 37.0. The van der Waals surface area contributed by atoms with E-state index in [1.165, 1.54) is 16.3 Å². The summed E-state index contributed by atoms with van der Waals surface area (Å²) in [5.41, 5.74) is 12.1. The number of benzene rings is 8. The van der Waals surface area contributed by atoms with Crippen LogP contribution in [0.3, 0.4) is 0 Å². The Balaban J connectivity index is 1.20. The number of hydrogen-bond acceptors (Lipinski definition) is 4. The quantitative estimate of drug-likeness (QED) is 0.172. The molecular weight excluding hydrogens is 685 g/mol. The highest BCUT2D eigenvalue weighted by molar-refractivity contribution is 6.18.